The van der Waals surface area contributed by atoms with Crippen molar-refractivity contribution in [2.75, 3.05) is 32.8 Å². The van der Waals surface area contributed by atoms with Crippen LogP contribution in [0, 0.1) is 0 Å². The Labute approximate surface area is 167 Å². The minimum absolute atomic E-state index is 0.206. The standard InChI is InChI=1S/C20H34N4O4/c1-20(2,3)28-19(25)23-11-6-10-21-18(24-15-17-8-5-14-27-17)22-12-9-16-7-4-13-26-16/h4,7,13,17H,5-6,8-12,14-15H2,1-3H3,(H,23,25)(H2,21,22,24). The van der Waals surface area contributed by atoms with E-state index in [4.69, 9.17) is 13.9 Å². The molecule has 1 fully saturated rings. The summed E-state index contributed by atoms with van der Waals surface area (Å²) in [6.07, 6.45) is 5.20. The van der Waals surface area contributed by atoms with Crippen molar-refractivity contribution in [3.63, 3.8) is 0 Å². The zero-order chi connectivity index (χ0) is 20.2. The number of alkyl carbamates (subject to hydrolysis) is 1. The first-order valence-corrected chi connectivity index (χ1v) is 10.1. The van der Waals surface area contributed by atoms with Crippen LogP contribution < -0.4 is 16.0 Å². The van der Waals surface area contributed by atoms with Crippen LogP contribution in [0.3, 0.4) is 0 Å². The Bertz CT molecular complexity index is 590. The molecule has 2 rings (SSSR count). The van der Waals surface area contributed by atoms with Crippen molar-refractivity contribution in [3.8, 4) is 0 Å². The smallest absolute Gasteiger partial charge is 0.407 e. The van der Waals surface area contributed by atoms with Gasteiger partial charge >= 0.3 is 6.09 Å². The van der Waals surface area contributed by atoms with Gasteiger partial charge in [-0.2, -0.15) is 0 Å². The highest BCUT2D eigenvalue weighted by molar-refractivity contribution is 5.79. The number of furan rings is 1. The van der Waals surface area contributed by atoms with E-state index in [2.05, 4.69) is 20.9 Å². The Morgan fingerprint density at radius 2 is 2.04 bits per heavy atom. The number of hydrogen-bond acceptors (Lipinski definition) is 5. The van der Waals surface area contributed by atoms with Gasteiger partial charge in [0.05, 0.1) is 18.9 Å². The lowest BCUT2D eigenvalue weighted by atomic mass is 10.2. The number of aliphatic imine (C=N–C) groups is 1. The molecule has 2 heterocycles. The number of amides is 1. The van der Waals surface area contributed by atoms with Crippen LogP contribution in [0.4, 0.5) is 4.79 Å². The number of carbonyl (C=O) groups is 1. The van der Waals surface area contributed by atoms with E-state index in [-0.39, 0.29) is 6.10 Å². The van der Waals surface area contributed by atoms with E-state index in [0.29, 0.717) is 19.6 Å². The molecule has 1 aromatic heterocycles. The summed E-state index contributed by atoms with van der Waals surface area (Å²) >= 11 is 0. The Kier molecular flexibility index (Phi) is 9.13. The molecule has 158 valence electrons. The molecule has 0 saturated carbocycles. The molecular weight excluding hydrogens is 360 g/mol. The second-order valence-electron chi connectivity index (χ2n) is 7.79. The minimum atomic E-state index is -0.484. The third-order valence-corrected chi connectivity index (χ3v) is 4.04. The third-order valence-electron chi connectivity index (χ3n) is 4.04. The SMILES string of the molecule is CC(C)(C)OC(=O)NCCCNC(=NCC1CCCO1)NCCc1ccco1. The van der Waals surface area contributed by atoms with Crippen LogP contribution in [0.1, 0.15) is 45.8 Å². The molecule has 0 bridgehead atoms. The molecule has 1 aromatic rings. The summed E-state index contributed by atoms with van der Waals surface area (Å²) in [5, 5.41) is 9.39. The van der Waals surface area contributed by atoms with Crippen molar-refractivity contribution >= 4 is 12.1 Å². The Hall–Kier alpha value is -2.22. The van der Waals surface area contributed by atoms with Crippen LogP contribution >= 0.6 is 0 Å². The number of hydrogen-bond donors (Lipinski definition) is 3. The fourth-order valence-corrected chi connectivity index (χ4v) is 2.71. The number of nitrogens with zero attached hydrogens (tertiary/aromatic N) is 1. The maximum absolute atomic E-state index is 11.6. The number of rotatable bonds is 9. The van der Waals surface area contributed by atoms with Gasteiger partial charge in [-0.3, -0.25) is 4.99 Å². The van der Waals surface area contributed by atoms with Gasteiger partial charge in [0.2, 0.25) is 0 Å². The Morgan fingerprint density at radius 3 is 2.71 bits per heavy atom. The lowest BCUT2D eigenvalue weighted by molar-refractivity contribution is 0.0527. The van der Waals surface area contributed by atoms with E-state index in [9.17, 15) is 4.79 Å². The number of nitrogens with one attached hydrogen (secondary N) is 3. The molecule has 0 spiro atoms. The van der Waals surface area contributed by atoms with Gasteiger partial charge in [-0.15, -0.1) is 0 Å². The molecule has 3 N–H and O–H groups in total. The van der Waals surface area contributed by atoms with E-state index in [0.717, 1.165) is 50.6 Å². The highest BCUT2D eigenvalue weighted by Gasteiger charge is 2.16. The summed E-state index contributed by atoms with van der Waals surface area (Å²) in [6.45, 7) is 8.96. The maximum atomic E-state index is 11.6. The van der Waals surface area contributed by atoms with Gasteiger partial charge in [-0.25, -0.2) is 4.79 Å². The van der Waals surface area contributed by atoms with Gasteiger partial charge < -0.3 is 29.8 Å². The molecule has 1 aliphatic heterocycles. The molecular formula is C20H34N4O4. The first-order chi connectivity index (χ1) is 13.4. The predicted octanol–water partition coefficient (Wildman–Crippen LogP) is 2.45. The van der Waals surface area contributed by atoms with Crippen LogP contribution in [0.2, 0.25) is 0 Å². The van der Waals surface area contributed by atoms with Gasteiger partial charge in [0.1, 0.15) is 11.4 Å². The second-order valence-corrected chi connectivity index (χ2v) is 7.79. The molecule has 1 amide bonds. The molecule has 8 heteroatoms. The molecule has 0 aromatic carbocycles. The van der Waals surface area contributed by atoms with Crippen molar-refractivity contribution in [2.24, 2.45) is 4.99 Å². The average molecular weight is 395 g/mol. The second kappa shape index (κ2) is 11.6. The number of ether oxygens (including phenoxy) is 2. The summed E-state index contributed by atoms with van der Waals surface area (Å²) in [5.74, 6) is 1.69. The fraction of sp³-hybridized carbons (Fsp3) is 0.700. The molecule has 0 aliphatic carbocycles. The van der Waals surface area contributed by atoms with Crippen LogP contribution in [0.5, 0.6) is 0 Å². The molecule has 28 heavy (non-hydrogen) atoms. The number of carbonyl (C=O) groups excluding carboxylic acids is 1. The summed E-state index contributed by atoms with van der Waals surface area (Å²) < 4.78 is 16.2. The van der Waals surface area contributed by atoms with Crippen molar-refractivity contribution in [2.45, 2.75) is 58.2 Å². The lowest BCUT2D eigenvalue weighted by Gasteiger charge is -2.19. The molecule has 1 saturated heterocycles. The van der Waals surface area contributed by atoms with Gasteiger partial charge in [0, 0.05) is 32.7 Å². The largest absolute Gasteiger partial charge is 0.469 e. The normalized spacial score (nSPS) is 17.4. The Morgan fingerprint density at radius 1 is 1.25 bits per heavy atom. The summed E-state index contributed by atoms with van der Waals surface area (Å²) in [5.41, 5.74) is -0.484. The van der Waals surface area contributed by atoms with Crippen LogP contribution in [0.15, 0.2) is 27.8 Å². The van der Waals surface area contributed by atoms with E-state index < -0.39 is 11.7 Å². The third kappa shape index (κ3) is 9.64. The van der Waals surface area contributed by atoms with Crippen LogP contribution in [0.25, 0.3) is 0 Å². The van der Waals surface area contributed by atoms with Crippen molar-refractivity contribution < 1.29 is 18.7 Å². The van der Waals surface area contributed by atoms with Crippen molar-refractivity contribution in [1.82, 2.24) is 16.0 Å². The van der Waals surface area contributed by atoms with Crippen LogP contribution in [-0.4, -0.2) is 56.5 Å². The average Bonchev–Trinajstić information content (AvgIpc) is 3.31. The molecule has 0 radical (unpaired) electrons. The summed E-state index contributed by atoms with van der Waals surface area (Å²) in [7, 11) is 0. The van der Waals surface area contributed by atoms with E-state index >= 15 is 0 Å². The van der Waals surface area contributed by atoms with Crippen molar-refractivity contribution in [3.05, 3.63) is 24.2 Å². The predicted molar refractivity (Wildman–Crippen MR) is 109 cm³/mol. The van der Waals surface area contributed by atoms with E-state index in [1.54, 1.807) is 6.26 Å². The molecule has 1 aliphatic rings. The van der Waals surface area contributed by atoms with Gasteiger partial charge in [-0.1, -0.05) is 0 Å². The molecule has 1 unspecified atom stereocenters. The van der Waals surface area contributed by atoms with Gasteiger partial charge in [-0.05, 0) is 52.2 Å². The monoisotopic (exact) mass is 394 g/mol. The summed E-state index contributed by atoms with van der Waals surface area (Å²) in [6, 6.07) is 3.85. The van der Waals surface area contributed by atoms with E-state index in [1.807, 2.05) is 32.9 Å². The zero-order valence-corrected chi connectivity index (χ0v) is 17.3. The molecule has 1 atom stereocenters. The minimum Gasteiger partial charge on any atom is -0.469 e. The summed E-state index contributed by atoms with van der Waals surface area (Å²) in [4.78, 5) is 16.3. The van der Waals surface area contributed by atoms with Gasteiger partial charge in [0.15, 0.2) is 5.96 Å². The van der Waals surface area contributed by atoms with E-state index in [1.165, 1.54) is 0 Å². The topological polar surface area (TPSA) is 97.1 Å². The van der Waals surface area contributed by atoms with Gasteiger partial charge in [0.25, 0.3) is 0 Å². The number of guanidine groups is 1. The quantitative estimate of drug-likeness (QED) is 0.338. The van der Waals surface area contributed by atoms with Crippen molar-refractivity contribution in [1.29, 1.82) is 0 Å². The Balaban J connectivity index is 1.68. The maximum Gasteiger partial charge on any atom is 0.407 e. The molecule has 8 nitrogen and oxygen atoms in total. The van der Waals surface area contributed by atoms with Crippen LogP contribution in [-0.2, 0) is 15.9 Å². The highest BCUT2D eigenvalue weighted by Crippen LogP contribution is 2.11. The first kappa shape index (κ1) is 22.1. The highest BCUT2D eigenvalue weighted by atomic mass is 16.6. The first-order valence-electron chi connectivity index (χ1n) is 10.1. The fourth-order valence-electron chi connectivity index (χ4n) is 2.71. The zero-order valence-electron chi connectivity index (χ0n) is 17.3. The lowest BCUT2D eigenvalue weighted by Crippen LogP contribution is -2.40.